The monoisotopic (exact) mass is 278 g/mol. The van der Waals surface area contributed by atoms with Crippen LogP contribution >= 0.6 is 0 Å². The van der Waals surface area contributed by atoms with Crippen molar-refractivity contribution >= 4 is 17.7 Å². The lowest BCUT2D eigenvalue weighted by Gasteiger charge is -2.11. The van der Waals surface area contributed by atoms with Gasteiger partial charge in [0, 0.05) is 24.8 Å². The molecule has 0 saturated carbocycles. The summed E-state index contributed by atoms with van der Waals surface area (Å²) < 4.78 is 5.23. The molecule has 0 radical (unpaired) electrons. The number of hydrogen-bond donors (Lipinski definition) is 3. The Hall–Kier alpha value is -2.08. The maximum absolute atomic E-state index is 11.7. The molecule has 0 aromatic heterocycles. The lowest BCUT2D eigenvalue weighted by molar-refractivity contribution is 0.0696. The predicted molar refractivity (Wildman–Crippen MR) is 74.1 cm³/mol. The Bertz CT molecular complexity index is 510. The Morgan fingerprint density at radius 3 is 2.90 bits per heavy atom. The van der Waals surface area contributed by atoms with Gasteiger partial charge in [0.15, 0.2) is 0 Å². The summed E-state index contributed by atoms with van der Waals surface area (Å²) in [6.45, 7) is 3.69. The fraction of sp³-hybridized carbons (Fsp3) is 0.429. The smallest absolute Gasteiger partial charge is 0.336 e. The van der Waals surface area contributed by atoms with Crippen molar-refractivity contribution in [1.82, 2.24) is 5.32 Å². The van der Waals surface area contributed by atoms with E-state index >= 15 is 0 Å². The maximum atomic E-state index is 11.7. The summed E-state index contributed by atoms with van der Waals surface area (Å²) in [6, 6.07) is 4.47. The maximum Gasteiger partial charge on any atom is 0.336 e. The molecule has 1 heterocycles. The van der Waals surface area contributed by atoms with Crippen LogP contribution in [0.3, 0.4) is 0 Å². The van der Waals surface area contributed by atoms with Crippen LogP contribution in [0.2, 0.25) is 0 Å². The van der Waals surface area contributed by atoms with Crippen LogP contribution in [0, 0.1) is 12.8 Å². The first-order chi connectivity index (χ1) is 9.56. The van der Waals surface area contributed by atoms with Crippen LogP contribution in [0.25, 0.3) is 0 Å². The van der Waals surface area contributed by atoms with Gasteiger partial charge >= 0.3 is 12.0 Å². The van der Waals surface area contributed by atoms with E-state index in [2.05, 4.69) is 10.6 Å². The molecule has 1 aromatic rings. The predicted octanol–water partition coefficient (Wildman–Crippen LogP) is 1.85. The van der Waals surface area contributed by atoms with Gasteiger partial charge in [-0.25, -0.2) is 9.59 Å². The van der Waals surface area contributed by atoms with Gasteiger partial charge in [0.25, 0.3) is 0 Å². The zero-order valence-electron chi connectivity index (χ0n) is 11.3. The van der Waals surface area contributed by atoms with Crippen LogP contribution in [0.1, 0.15) is 22.3 Å². The summed E-state index contributed by atoms with van der Waals surface area (Å²) in [6.07, 6.45) is 0.952. The number of hydrogen-bond acceptors (Lipinski definition) is 3. The zero-order valence-corrected chi connectivity index (χ0v) is 11.3. The number of carbonyl (C=O) groups is 2. The third kappa shape index (κ3) is 3.71. The van der Waals surface area contributed by atoms with E-state index < -0.39 is 5.97 Å². The number of ether oxygens (including phenoxy) is 1. The molecule has 2 amide bonds. The summed E-state index contributed by atoms with van der Waals surface area (Å²) in [5.41, 5.74) is 1.31. The van der Waals surface area contributed by atoms with Crippen molar-refractivity contribution in [2.45, 2.75) is 13.3 Å². The second kappa shape index (κ2) is 6.38. The molecule has 1 atom stereocenters. The highest BCUT2D eigenvalue weighted by Gasteiger charge is 2.16. The van der Waals surface area contributed by atoms with Crippen LogP contribution < -0.4 is 10.6 Å². The molecule has 3 N–H and O–H groups in total. The largest absolute Gasteiger partial charge is 0.478 e. The molecule has 0 aliphatic carbocycles. The number of anilines is 1. The lowest BCUT2D eigenvalue weighted by Crippen LogP contribution is -2.33. The molecular formula is C14H18N2O4. The van der Waals surface area contributed by atoms with Crippen LogP contribution in [-0.2, 0) is 4.74 Å². The number of amides is 2. The Kier molecular flexibility index (Phi) is 4.57. The lowest BCUT2D eigenvalue weighted by atomic mass is 10.1. The summed E-state index contributed by atoms with van der Waals surface area (Å²) >= 11 is 0. The number of rotatable bonds is 4. The van der Waals surface area contributed by atoms with Crippen LogP contribution in [0.5, 0.6) is 0 Å². The van der Waals surface area contributed by atoms with Crippen molar-refractivity contribution < 1.29 is 19.4 Å². The molecule has 20 heavy (non-hydrogen) atoms. The van der Waals surface area contributed by atoms with E-state index in [0.29, 0.717) is 30.3 Å². The quantitative estimate of drug-likeness (QED) is 0.784. The molecule has 1 fully saturated rings. The van der Waals surface area contributed by atoms with E-state index in [0.717, 1.165) is 13.0 Å². The first kappa shape index (κ1) is 14.3. The Labute approximate surface area is 117 Å². The molecule has 1 aromatic carbocycles. The fourth-order valence-corrected chi connectivity index (χ4v) is 2.09. The molecule has 0 spiro atoms. The molecule has 1 aliphatic heterocycles. The van der Waals surface area contributed by atoms with Gasteiger partial charge < -0.3 is 20.5 Å². The van der Waals surface area contributed by atoms with Crippen molar-refractivity contribution in [1.29, 1.82) is 0 Å². The minimum atomic E-state index is -1.00. The third-order valence-corrected chi connectivity index (χ3v) is 3.30. The molecule has 2 rings (SSSR count). The van der Waals surface area contributed by atoms with Gasteiger partial charge in [-0.2, -0.15) is 0 Å². The van der Waals surface area contributed by atoms with E-state index in [1.807, 2.05) is 0 Å². The molecule has 6 nitrogen and oxygen atoms in total. The van der Waals surface area contributed by atoms with Crippen molar-refractivity contribution in [3.63, 3.8) is 0 Å². The summed E-state index contributed by atoms with van der Waals surface area (Å²) in [5, 5.41) is 14.4. The molecule has 1 aliphatic rings. The molecule has 6 heteroatoms. The van der Waals surface area contributed by atoms with Gasteiger partial charge in [-0.3, -0.25) is 0 Å². The number of benzene rings is 1. The van der Waals surface area contributed by atoms with E-state index in [9.17, 15) is 9.59 Å². The number of aromatic carboxylic acids is 1. The van der Waals surface area contributed by atoms with Gasteiger partial charge in [0.05, 0.1) is 12.2 Å². The number of carboxylic acid groups (broad SMARTS) is 1. The highest BCUT2D eigenvalue weighted by molar-refractivity contribution is 5.94. The second-order valence-corrected chi connectivity index (χ2v) is 4.90. The van der Waals surface area contributed by atoms with Crippen LogP contribution in [-0.4, -0.2) is 36.9 Å². The van der Waals surface area contributed by atoms with Crippen molar-refractivity contribution in [3.05, 3.63) is 29.3 Å². The van der Waals surface area contributed by atoms with Crippen LogP contribution in [0.4, 0.5) is 10.5 Å². The average Bonchev–Trinajstić information content (AvgIpc) is 2.91. The Morgan fingerprint density at radius 2 is 2.25 bits per heavy atom. The molecular weight excluding hydrogens is 260 g/mol. The topological polar surface area (TPSA) is 87.7 Å². The average molecular weight is 278 g/mol. The summed E-state index contributed by atoms with van der Waals surface area (Å²) in [4.78, 5) is 22.7. The van der Waals surface area contributed by atoms with E-state index in [-0.39, 0.29) is 11.6 Å². The first-order valence-corrected chi connectivity index (χ1v) is 6.53. The van der Waals surface area contributed by atoms with Gasteiger partial charge in [0.1, 0.15) is 0 Å². The van der Waals surface area contributed by atoms with Gasteiger partial charge in [-0.15, -0.1) is 0 Å². The molecule has 1 saturated heterocycles. The minimum absolute atomic E-state index is 0.187. The van der Waals surface area contributed by atoms with E-state index in [4.69, 9.17) is 9.84 Å². The minimum Gasteiger partial charge on any atom is -0.478 e. The number of urea groups is 1. The SMILES string of the molecule is Cc1ccc(NC(=O)NCC2CCOC2)cc1C(=O)O. The number of aryl methyl sites for hydroxylation is 1. The van der Waals surface area contributed by atoms with Crippen LogP contribution in [0.15, 0.2) is 18.2 Å². The second-order valence-electron chi connectivity index (χ2n) is 4.90. The fourth-order valence-electron chi connectivity index (χ4n) is 2.09. The Balaban J connectivity index is 1.90. The summed E-state index contributed by atoms with van der Waals surface area (Å²) in [5.74, 6) is -0.650. The molecule has 108 valence electrons. The van der Waals surface area contributed by atoms with E-state index in [1.165, 1.54) is 6.07 Å². The van der Waals surface area contributed by atoms with E-state index in [1.54, 1.807) is 19.1 Å². The first-order valence-electron chi connectivity index (χ1n) is 6.53. The molecule has 0 bridgehead atoms. The van der Waals surface area contributed by atoms with Gasteiger partial charge in [-0.1, -0.05) is 6.07 Å². The summed E-state index contributed by atoms with van der Waals surface area (Å²) in [7, 11) is 0. The van der Waals surface area contributed by atoms with Crippen molar-refractivity contribution in [2.75, 3.05) is 25.1 Å². The zero-order chi connectivity index (χ0) is 14.5. The Morgan fingerprint density at radius 1 is 1.45 bits per heavy atom. The standard InChI is InChI=1S/C14H18N2O4/c1-9-2-3-11(6-12(9)13(17)18)16-14(19)15-7-10-4-5-20-8-10/h2-3,6,10H,4-5,7-8H2,1H3,(H,17,18)(H2,15,16,19). The van der Waals surface area contributed by atoms with Gasteiger partial charge in [-0.05, 0) is 31.0 Å². The third-order valence-electron chi connectivity index (χ3n) is 3.30. The highest BCUT2D eigenvalue weighted by Crippen LogP contribution is 2.15. The van der Waals surface area contributed by atoms with Crippen molar-refractivity contribution in [3.8, 4) is 0 Å². The van der Waals surface area contributed by atoms with Gasteiger partial charge in [0.2, 0.25) is 0 Å². The molecule has 1 unspecified atom stereocenters. The number of nitrogens with one attached hydrogen (secondary N) is 2. The normalized spacial score (nSPS) is 17.8. The highest BCUT2D eigenvalue weighted by atomic mass is 16.5. The number of carboxylic acids is 1. The van der Waals surface area contributed by atoms with Crippen molar-refractivity contribution in [2.24, 2.45) is 5.92 Å². The number of carbonyl (C=O) groups excluding carboxylic acids is 1.